The molecule has 2 rings (SSSR count). The molecule has 1 N–H and O–H groups in total. The second-order valence-electron chi connectivity index (χ2n) is 4.60. The molecule has 0 amide bonds. The quantitative estimate of drug-likeness (QED) is 0.665. The normalized spacial score (nSPS) is 12.4. The summed E-state index contributed by atoms with van der Waals surface area (Å²) < 4.78 is 65.3. The molecule has 0 saturated heterocycles. The molecule has 124 valence electrons. The van der Waals surface area contributed by atoms with E-state index in [-0.39, 0.29) is 6.54 Å². The molecule has 0 atom stereocenters. The van der Waals surface area contributed by atoms with Crippen molar-refractivity contribution < 1.29 is 21.6 Å². The molecule has 0 radical (unpaired) electrons. The van der Waals surface area contributed by atoms with Gasteiger partial charge in [0.25, 0.3) is 0 Å². The van der Waals surface area contributed by atoms with Gasteiger partial charge in [-0.3, -0.25) is 0 Å². The van der Waals surface area contributed by atoms with E-state index in [0.29, 0.717) is 16.7 Å². The molecule has 0 aliphatic rings. The molecule has 0 aliphatic heterocycles. The summed E-state index contributed by atoms with van der Waals surface area (Å²) in [6.07, 6.45) is -4.60. The molecule has 0 unspecified atom stereocenters. The summed E-state index contributed by atoms with van der Waals surface area (Å²) >= 11 is 7.88. The molecule has 23 heavy (non-hydrogen) atoms. The van der Waals surface area contributed by atoms with Crippen LogP contribution in [0.15, 0.2) is 47.4 Å². The third-order valence-electron chi connectivity index (χ3n) is 2.92. The minimum atomic E-state index is -4.60. The lowest BCUT2D eigenvalue weighted by molar-refractivity contribution is -0.137. The predicted octanol–water partition coefficient (Wildman–Crippen LogP) is 4.44. The van der Waals surface area contributed by atoms with E-state index < -0.39 is 26.7 Å². The fourth-order valence-electron chi connectivity index (χ4n) is 1.75. The van der Waals surface area contributed by atoms with Crippen LogP contribution in [0.25, 0.3) is 0 Å². The second-order valence-corrected chi connectivity index (χ2v) is 7.93. The van der Waals surface area contributed by atoms with E-state index in [1.165, 1.54) is 0 Å². The molecule has 0 bridgehead atoms. The van der Waals surface area contributed by atoms with E-state index in [2.05, 4.69) is 4.72 Å². The topological polar surface area (TPSA) is 46.2 Å². The van der Waals surface area contributed by atoms with Gasteiger partial charge >= 0.3 is 6.18 Å². The first-order valence-electron chi connectivity index (χ1n) is 6.20. The Hall–Kier alpha value is -0.840. The minimum Gasteiger partial charge on any atom is -0.207 e. The van der Waals surface area contributed by atoms with Crippen LogP contribution >= 0.6 is 34.2 Å². The van der Waals surface area contributed by atoms with Crippen molar-refractivity contribution in [2.45, 2.75) is 17.6 Å². The molecule has 0 heterocycles. The van der Waals surface area contributed by atoms with Gasteiger partial charge in [0.05, 0.1) is 15.5 Å². The van der Waals surface area contributed by atoms with Crippen molar-refractivity contribution in [2.24, 2.45) is 0 Å². The zero-order valence-electron chi connectivity index (χ0n) is 11.4. The van der Waals surface area contributed by atoms with Crippen molar-refractivity contribution in [1.82, 2.24) is 4.72 Å². The van der Waals surface area contributed by atoms with Crippen molar-refractivity contribution >= 4 is 44.2 Å². The van der Waals surface area contributed by atoms with Gasteiger partial charge in [0.2, 0.25) is 10.0 Å². The van der Waals surface area contributed by atoms with Crippen LogP contribution in [0.2, 0.25) is 5.02 Å². The zero-order valence-corrected chi connectivity index (χ0v) is 15.1. The molecular formula is C14H10ClF3INO2S. The maximum atomic E-state index is 12.7. The van der Waals surface area contributed by atoms with Crippen LogP contribution in [-0.2, 0) is 22.7 Å². The predicted molar refractivity (Wildman–Crippen MR) is 89.6 cm³/mol. The van der Waals surface area contributed by atoms with Crippen molar-refractivity contribution in [2.75, 3.05) is 0 Å². The number of rotatable bonds is 4. The summed E-state index contributed by atoms with van der Waals surface area (Å²) in [6.45, 7) is -0.0499. The molecule has 0 fully saturated rings. The third kappa shape index (κ3) is 4.82. The van der Waals surface area contributed by atoms with Crippen LogP contribution in [-0.4, -0.2) is 8.42 Å². The Balaban J connectivity index is 2.20. The molecular weight excluding hydrogens is 466 g/mol. The Labute approximate surface area is 150 Å². The van der Waals surface area contributed by atoms with Gasteiger partial charge in [-0.15, -0.1) is 0 Å². The fourth-order valence-corrected chi connectivity index (χ4v) is 3.51. The first-order chi connectivity index (χ1) is 10.6. The van der Waals surface area contributed by atoms with E-state index in [4.69, 9.17) is 11.6 Å². The van der Waals surface area contributed by atoms with Crippen LogP contribution in [0.4, 0.5) is 13.2 Å². The Bertz CT molecular complexity index is 825. The Morgan fingerprint density at radius 2 is 1.83 bits per heavy atom. The number of hydrogen-bond acceptors (Lipinski definition) is 2. The molecule has 3 nitrogen and oxygen atoms in total. The van der Waals surface area contributed by atoms with E-state index in [9.17, 15) is 21.6 Å². The van der Waals surface area contributed by atoms with Gasteiger partial charge in [-0.25, -0.2) is 13.1 Å². The van der Waals surface area contributed by atoms with Crippen LogP contribution < -0.4 is 4.72 Å². The summed E-state index contributed by atoms with van der Waals surface area (Å²) in [7, 11) is -4.05. The SMILES string of the molecule is O=S(=O)(NCc1ccc(Cl)c(I)c1)c1cccc(C(F)(F)F)c1. The second kappa shape index (κ2) is 6.96. The maximum absolute atomic E-state index is 12.7. The standard InChI is InChI=1S/C14H10ClF3INO2S/c15-12-5-4-9(6-13(12)19)8-20-23(21,22)11-3-1-2-10(7-11)14(16,17)18/h1-7,20H,8H2. The summed E-state index contributed by atoms with van der Waals surface area (Å²) in [6, 6.07) is 8.55. The average Bonchev–Trinajstić information content (AvgIpc) is 2.48. The van der Waals surface area contributed by atoms with Gasteiger partial charge in [-0.05, 0) is 58.5 Å². The highest BCUT2D eigenvalue weighted by Gasteiger charge is 2.31. The summed E-state index contributed by atoms with van der Waals surface area (Å²) in [5.41, 5.74) is -0.365. The van der Waals surface area contributed by atoms with Gasteiger partial charge in [0.1, 0.15) is 0 Å². The summed E-state index contributed by atoms with van der Waals surface area (Å²) in [5.74, 6) is 0. The smallest absolute Gasteiger partial charge is 0.207 e. The lowest BCUT2D eigenvalue weighted by Crippen LogP contribution is -2.23. The largest absolute Gasteiger partial charge is 0.416 e. The molecule has 9 heteroatoms. The van der Waals surface area contributed by atoms with Gasteiger partial charge in [0.15, 0.2) is 0 Å². The minimum absolute atomic E-state index is 0.0499. The first kappa shape index (κ1) is 18.5. The maximum Gasteiger partial charge on any atom is 0.416 e. The fraction of sp³-hybridized carbons (Fsp3) is 0.143. The number of nitrogens with one attached hydrogen (secondary N) is 1. The van der Waals surface area contributed by atoms with Crippen LogP contribution in [0.5, 0.6) is 0 Å². The first-order valence-corrected chi connectivity index (χ1v) is 9.14. The van der Waals surface area contributed by atoms with Gasteiger partial charge in [0, 0.05) is 10.1 Å². The monoisotopic (exact) mass is 475 g/mol. The third-order valence-corrected chi connectivity index (χ3v) is 5.86. The molecule has 0 saturated carbocycles. The Morgan fingerprint density at radius 3 is 2.43 bits per heavy atom. The lowest BCUT2D eigenvalue weighted by atomic mass is 10.2. The van der Waals surface area contributed by atoms with Crippen LogP contribution in [0.3, 0.4) is 0 Å². The Kier molecular flexibility index (Phi) is 5.59. The van der Waals surface area contributed by atoms with Gasteiger partial charge in [-0.1, -0.05) is 23.7 Å². The lowest BCUT2D eigenvalue weighted by Gasteiger charge is -2.10. The van der Waals surface area contributed by atoms with Crippen molar-refractivity contribution in [3.63, 3.8) is 0 Å². The zero-order chi connectivity index (χ0) is 17.3. The van der Waals surface area contributed by atoms with Crippen molar-refractivity contribution in [3.05, 3.63) is 62.2 Å². The molecule has 2 aromatic carbocycles. The van der Waals surface area contributed by atoms with E-state index in [0.717, 1.165) is 21.8 Å². The Morgan fingerprint density at radius 1 is 1.13 bits per heavy atom. The van der Waals surface area contributed by atoms with Crippen LogP contribution in [0.1, 0.15) is 11.1 Å². The van der Waals surface area contributed by atoms with Crippen molar-refractivity contribution in [1.29, 1.82) is 0 Å². The van der Waals surface area contributed by atoms with E-state index in [1.807, 2.05) is 22.6 Å². The van der Waals surface area contributed by atoms with Crippen molar-refractivity contribution in [3.8, 4) is 0 Å². The number of alkyl halides is 3. The number of hydrogen-bond donors (Lipinski definition) is 1. The number of halogens is 5. The summed E-state index contributed by atoms with van der Waals surface area (Å²) in [4.78, 5) is -0.434. The highest BCUT2D eigenvalue weighted by atomic mass is 127. The average molecular weight is 476 g/mol. The number of benzene rings is 2. The van der Waals surface area contributed by atoms with E-state index in [1.54, 1.807) is 18.2 Å². The highest BCUT2D eigenvalue weighted by molar-refractivity contribution is 14.1. The molecule has 0 spiro atoms. The van der Waals surface area contributed by atoms with Crippen LogP contribution in [0, 0.1) is 3.57 Å². The van der Waals surface area contributed by atoms with Gasteiger partial charge < -0.3 is 0 Å². The highest BCUT2D eigenvalue weighted by Crippen LogP contribution is 2.30. The van der Waals surface area contributed by atoms with Gasteiger partial charge in [-0.2, -0.15) is 13.2 Å². The summed E-state index contributed by atoms with van der Waals surface area (Å²) in [5, 5.41) is 0.537. The molecule has 2 aromatic rings. The molecule has 0 aliphatic carbocycles. The number of sulfonamides is 1. The van der Waals surface area contributed by atoms with E-state index >= 15 is 0 Å². The molecule has 0 aromatic heterocycles.